The topological polar surface area (TPSA) is 76.0 Å². The summed E-state index contributed by atoms with van der Waals surface area (Å²) in [6.45, 7) is 0. The lowest BCUT2D eigenvalue weighted by Crippen LogP contribution is -1.94. The number of phenols is 1. The predicted molar refractivity (Wildman–Crippen MR) is 110 cm³/mol. The van der Waals surface area contributed by atoms with Crippen LogP contribution in [0.15, 0.2) is 40.8 Å². The van der Waals surface area contributed by atoms with E-state index in [1.807, 2.05) is 11.4 Å². The van der Waals surface area contributed by atoms with Crippen LogP contribution < -0.4 is 14.9 Å². The largest absolute Gasteiger partial charge is 0.502 e. The fourth-order valence-corrected chi connectivity index (χ4v) is 3.46. The van der Waals surface area contributed by atoms with Gasteiger partial charge in [0.05, 0.1) is 31.2 Å². The molecule has 2 aromatic carbocycles. The Kier molecular flexibility index (Phi) is 6.05. The summed E-state index contributed by atoms with van der Waals surface area (Å²) >= 11 is 13.5. The van der Waals surface area contributed by atoms with Crippen LogP contribution in [0.25, 0.3) is 11.3 Å². The summed E-state index contributed by atoms with van der Waals surface area (Å²) in [4.78, 5) is 4.46. The van der Waals surface area contributed by atoms with Crippen LogP contribution in [0.3, 0.4) is 0 Å². The van der Waals surface area contributed by atoms with Gasteiger partial charge in [-0.25, -0.2) is 4.98 Å². The molecule has 0 bridgehead atoms. The third-order valence-electron chi connectivity index (χ3n) is 3.59. The van der Waals surface area contributed by atoms with E-state index in [4.69, 9.17) is 32.7 Å². The molecule has 0 aliphatic carbocycles. The molecule has 27 heavy (non-hydrogen) atoms. The van der Waals surface area contributed by atoms with Crippen LogP contribution in [0.5, 0.6) is 17.2 Å². The molecule has 0 saturated heterocycles. The Morgan fingerprint density at radius 1 is 1.15 bits per heavy atom. The highest BCUT2D eigenvalue weighted by molar-refractivity contribution is 7.14. The molecule has 0 spiro atoms. The van der Waals surface area contributed by atoms with Crippen LogP contribution in [-0.2, 0) is 0 Å². The van der Waals surface area contributed by atoms with E-state index in [1.165, 1.54) is 25.6 Å². The Labute approximate surface area is 170 Å². The maximum absolute atomic E-state index is 9.93. The van der Waals surface area contributed by atoms with E-state index in [0.29, 0.717) is 32.2 Å². The van der Waals surface area contributed by atoms with Crippen LogP contribution in [-0.4, -0.2) is 30.5 Å². The fourth-order valence-electron chi connectivity index (χ4n) is 2.30. The highest BCUT2D eigenvalue weighted by Gasteiger charge is 2.11. The van der Waals surface area contributed by atoms with Crippen LogP contribution in [0.2, 0.25) is 10.0 Å². The smallest absolute Gasteiger partial charge is 0.203 e. The Bertz CT molecular complexity index is 967. The van der Waals surface area contributed by atoms with Crippen molar-refractivity contribution in [3.8, 4) is 28.5 Å². The number of hydrazone groups is 1. The number of nitrogens with one attached hydrogen (secondary N) is 1. The normalized spacial score (nSPS) is 11.0. The molecular formula is C18H15Cl2N3O3S. The molecule has 0 amide bonds. The van der Waals surface area contributed by atoms with Gasteiger partial charge in [-0.05, 0) is 30.3 Å². The third kappa shape index (κ3) is 4.44. The van der Waals surface area contributed by atoms with Gasteiger partial charge in [-0.3, -0.25) is 5.43 Å². The molecular weight excluding hydrogens is 409 g/mol. The third-order valence-corrected chi connectivity index (χ3v) is 4.88. The maximum atomic E-state index is 9.93. The van der Waals surface area contributed by atoms with Crippen molar-refractivity contribution in [3.05, 3.63) is 51.3 Å². The zero-order valence-electron chi connectivity index (χ0n) is 14.4. The van der Waals surface area contributed by atoms with Gasteiger partial charge in [-0.15, -0.1) is 11.3 Å². The number of nitrogens with zero attached hydrogens (tertiary/aromatic N) is 2. The number of hydrogen-bond donors (Lipinski definition) is 2. The second kappa shape index (κ2) is 8.47. The van der Waals surface area contributed by atoms with E-state index in [2.05, 4.69) is 15.5 Å². The number of phenolic OH excluding ortho intramolecular Hbond substituents is 1. The fraction of sp³-hybridized carbons (Fsp3) is 0.111. The van der Waals surface area contributed by atoms with E-state index in [0.717, 1.165) is 11.3 Å². The molecule has 9 heteroatoms. The van der Waals surface area contributed by atoms with E-state index in [-0.39, 0.29) is 5.75 Å². The summed E-state index contributed by atoms with van der Waals surface area (Å²) in [6.07, 6.45) is 1.57. The van der Waals surface area contributed by atoms with E-state index < -0.39 is 0 Å². The lowest BCUT2D eigenvalue weighted by Gasteiger charge is -2.09. The second-order valence-corrected chi connectivity index (χ2v) is 7.01. The van der Waals surface area contributed by atoms with Gasteiger partial charge in [-0.2, -0.15) is 5.10 Å². The monoisotopic (exact) mass is 423 g/mol. The standard InChI is InChI=1S/C18H15Cl2N3O3S/c1-25-15-5-10(6-16(26-2)17(15)24)8-21-23-18-22-14(9-27-18)12-4-3-11(19)7-13(12)20/h3-9,24H,1-2H3,(H,22,23)/b21-8+. The van der Waals surface area contributed by atoms with Gasteiger partial charge in [0.15, 0.2) is 11.5 Å². The van der Waals surface area contributed by atoms with E-state index in [9.17, 15) is 5.11 Å². The SMILES string of the molecule is COc1cc(/C=N/Nc2nc(-c3ccc(Cl)cc3Cl)cs2)cc(OC)c1O. The Balaban J connectivity index is 1.75. The Morgan fingerprint density at radius 2 is 1.85 bits per heavy atom. The first-order chi connectivity index (χ1) is 13.0. The van der Waals surface area contributed by atoms with Gasteiger partial charge in [0, 0.05) is 21.5 Å². The zero-order valence-corrected chi connectivity index (χ0v) is 16.7. The molecule has 1 aromatic heterocycles. The minimum atomic E-state index is -0.0606. The molecule has 0 saturated carbocycles. The number of methoxy groups -OCH3 is 2. The molecule has 0 atom stereocenters. The summed E-state index contributed by atoms with van der Waals surface area (Å²) in [7, 11) is 2.93. The number of hydrogen-bond acceptors (Lipinski definition) is 7. The molecule has 0 fully saturated rings. The lowest BCUT2D eigenvalue weighted by molar-refractivity contribution is 0.340. The first-order valence-electron chi connectivity index (χ1n) is 7.67. The molecule has 6 nitrogen and oxygen atoms in total. The number of anilines is 1. The van der Waals surface area contributed by atoms with Crippen LogP contribution >= 0.6 is 34.5 Å². The summed E-state index contributed by atoms with van der Waals surface area (Å²) in [5.74, 6) is 0.531. The molecule has 2 N–H and O–H groups in total. The van der Waals surface area contributed by atoms with Gasteiger partial charge < -0.3 is 14.6 Å². The molecule has 0 aliphatic rings. The molecule has 1 heterocycles. The minimum absolute atomic E-state index is 0.0606. The van der Waals surface area contributed by atoms with Gasteiger partial charge in [0.1, 0.15) is 0 Å². The highest BCUT2D eigenvalue weighted by Crippen LogP contribution is 2.36. The lowest BCUT2D eigenvalue weighted by atomic mass is 10.2. The molecule has 3 rings (SSSR count). The maximum Gasteiger partial charge on any atom is 0.203 e. The van der Waals surface area contributed by atoms with Crippen molar-refractivity contribution in [2.45, 2.75) is 0 Å². The quantitative estimate of drug-likeness (QED) is 0.416. The number of thiazole rings is 1. The van der Waals surface area contributed by atoms with Crippen molar-refractivity contribution in [2.24, 2.45) is 5.10 Å². The van der Waals surface area contributed by atoms with Gasteiger partial charge in [0.25, 0.3) is 0 Å². The number of halogens is 2. The molecule has 140 valence electrons. The number of benzene rings is 2. The van der Waals surface area contributed by atoms with Crippen molar-refractivity contribution in [2.75, 3.05) is 19.6 Å². The predicted octanol–water partition coefficient (Wildman–Crippen LogP) is 5.29. The first kappa shape index (κ1) is 19.3. The summed E-state index contributed by atoms with van der Waals surface area (Å²) in [5.41, 5.74) is 5.08. The Morgan fingerprint density at radius 3 is 2.48 bits per heavy atom. The van der Waals surface area contributed by atoms with Crippen molar-refractivity contribution >= 4 is 45.9 Å². The first-order valence-corrected chi connectivity index (χ1v) is 9.30. The average molecular weight is 424 g/mol. The van der Waals surface area contributed by atoms with Gasteiger partial charge in [-0.1, -0.05) is 23.2 Å². The molecule has 3 aromatic rings. The van der Waals surface area contributed by atoms with Gasteiger partial charge >= 0.3 is 0 Å². The minimum Gasteiger partial charge on any atom is -0.502 e. The number of ether oxygens (including phenoxy) is 2. The van der Waals surface area contributed by atoms with Crippen LogP contribution in [0.4, 0.5) is 5.13 Å². The number of rotatable bonds is 6. The van der Waals surface area contributed by atoms with Gasteiger partial charge in [0.2, 0.25) is 10.9 Å². The summed E-state index contributed by atoms with van der Waals surface area (Å²) < 4.78 is 10.2. The average Bonchev–Trinajstić information content (AvgIpc) is 3.11. The Hall–Kier alpha value is -2.48. The van der Waals surface area contributed by atoms with Crippen LogP contribution in [0.1, 0.15) is 5.56 Å². The summed E-state index contributed by atoms with van der Waals surface area (Å²) in [6, 6.07) is 8.54. The molecule has 0 radical (unpaired) electrons. The van der Waals surface area contributed by atoms with Crippen LogP contribution in [0, 0.1) is 0 Å². The second-order valence-electron chi connectivity index (χ2n) is 5.31. The summed E-state index contributed by atoms with van der Waals surface area (Å²) in [5, 5.41) is 17.7. The molecule has 0 unspecified atom stereocenters. The van der Waals surface area contributed by atoms with Crippen molar-refractivity contribution < 1.29 is 14.6 Å². The highest BCUT2D eigenvalue weighted by atomic mass is 35.5. The van der Waals surface area contributed by atoms with E-state index in [1.54, 1.807) is 30.5 Å². The zero-order chi connectivity index (χ0) is 19.4. The van der Waals surface area contributed by atoms with Crippen molar-refractivity contribution in [3.63, 3.8) is 0 Å². The number of aromatic nitrogens is 1. The number of aromatic hydroxyl groups is 1. The van der Waals surface area contributed by atoms with Crippen molar-refractivity contribution in [1.29, 1.82) is 0 Å². The van der Waals surface area contributed by atoms with Crippen molar-refractivity contribution in [1.82, 2.24) is 4.98 Å². The van der Waals surface area contributed by atoms with E-state index >= 15 is 0 Å². The molecule has 0 aliphatic heterocycles.